The van der Waals surface area contributed by atoms with Crippen molar-refractivity contribution in [3.63, 3.8) is 0 Å². The second kappa shape index (κ2) is 15.2. The lowest BCUT2D eigenvalue weighted by Gasteiger charge is -2.10. The van der Waals surface area contributed by atoms with E-state index in [4.69, 9.17) is 5.11 Å². The molecule has 0 aliphatic heterocycles. The molecule has 0 fully saturated rings. The van der Waals surface area contributed by atoms with Crippen molar-refractivity contribution in [2.24, 2.45) is 5.92 Å². The summed E-state index contributed by atoms with van der Waals surface area (Å²) in [5.41, 5.74) is 0. The number of allylic oxidation sites excluding steroid dienone is 1. The molecule has 2 heteroatoms. The molecule has 0 aliphatic rings. The minimum atomic E-state index is -0.726. The quantitative estimate of drug-likeness (QED) is 0.273. The molecular weight excluding hydrogens is 260 g/mol. The Labute approximate surface area is 131 Å². The van der Waals surface area contributed by atoms with Gasteiger partial charge in [-0.05, 0) is 31.6 Å². The number of carboxylic acids is 1. The van der Waals surface area contributed by atoms with Crippen LogP contribution in [0.1, 0.15) is 84.0 Å². The number of hydrogen-bond acceptors (Lipinski definition) is 1. The van der Waals surface area contributed by atoms with E-state index in [-0.39, 0.29) is 6.42 Å². The summed E-state index contributed by atoms with van der Waals surface area (Å²) in [6, 6.07) is 0. The second-order valence-electron chi connectivity index (χ2n) is 5.88. The first-order valence-corrected chi connectivity index (χ1v) is 8.45. The van der Waals surface area contributed by atoms with Gasteiger partial charge in [0.25, 0.3) is 0 Å². The van der Waals surface area contributed by atoms with Gasteiger partial charge in [0.05, 0.1) is 0 Å². The maximum atomic E-state index is 10.3. The first-order chi connectivity index (χ1) is 10.2. The normalized spacial score (nSPS) is 11.5. The Morgan fingerprint density at radius 3 is 2.29 bits per heavy atom. The Balaban J connectivity index is 3.29. The molecule has 0 radical (unpaired) electrons. The fourth-order valence-corrected chi connectivity index (χ4v) is 2.31. The summed E-state index contributed by atoms with van der Waals surface area (Å²) in [6.45, 7) is 6.11. The minimum Gasteiger partial charge on any atom is -0.481 e. The van der Waals surface area contributed by atoms with Crippen LogP contribution in [0.15, 0.2) is 12.7 Å². The lowest BCUT2D eigenvalue weighted by atomic mass is 9.96. The van der Waals surface area contributed by atoms with Crippen molar-refractivity contribution in [3.05, 3.63) is 12.7 Å². The molecule has 120 valence electrons. The highest BCUT2D eigenvalue weighted by molar-refractivity contribution is 5.66. The maximum absolute atomic E-state index is 10.3. The van der Waals surface area contributed by atoms with E-state index in [1.54, 1.807) is 0 Å². The van der Waals surface area contributed by atoms with E-state index < -0.39 is 5.97 Å². The van der Waals surface area contributed by atoms with Gasteiger partial charge in [-0.15, -0.1) is 18.4 Å². The van der Waals surface area contributed by atoms with Crippen molar-refractivity contribution in [1.29, 1.82) is 0 Å². The molecule has 1 N–H and O–H groups in total. The van der Waals surface area contributed by atoms with Crippen molar-refractivity contribution in [3.8, 4) is 11.8 Å². The maximum Gasteiger partial charge on any atom is 0.303 e. The molecule has 0 aromatic heterocycles. The average molecular weight is 292 g/mol. The fourth-order valence-electron chi connectivity index (χ4n) is 2.31. The van der Waals surface area contributed by atoms with Gasteiger partial charge in [-0.3, -0.25) is 4.79 Å². The molecule has 0 aromatic carbocycles. The predicted molar refractivity (Wildman–Crippen MR) is 90.2 cm³/mol. The number of carboxylic acid groups (broad SMARTS) is 1. The molecular formula is C19H32O2. The van der Waals surface area contributed by atoms with E-state index in [0.29, 0.717) is 12.8 Å². The van der Waals surface area contributed by atoms with Crippen LogP contribution in [0, 0.1) is 17.8 Å². The van der Waals surface area contributed by atoms with Crippen LogP contribution in [0.3, 0.4) is 0 Å². The van der Waals surface area contributed by atoms with Crippen LogP contribution in [0.2, 0.25) is 0 Å². The largest absolute Gasteiger partial charge is 0.481 e. The van der Waals surface area contributed by atoms with Gasteiger partial charge in [-0.25, -0.2) is 0 Å². The van der Waals surface area contributed by atoms with Crippen LogP contribution in [-0.2, 0) is 4.79 Å². The van der Waals surface area contributed by atoms with Crippen molar-refractivity contribution < 1.29 is 9.90 Å². The molecule has 1 atom stereocenters. The van der Waals surface area contributed by atoms with E-state index in [2.05, 4.69) is 25.3 Å². The van der Waals surface area contributed by atoms with Crippen LogP contribution < -0.4 is 0 Å². The third-order valence-corrected chi connectivity index (χ3v) is 3.67. The standard InChI is InChI=1S/C19H32O2/c1-3-4-5-12-15-18(2)16-13-10-8-6-7-9-11-14-17-19(20)21/h3,18H,1,4-6,8,10-17H2,2H3,(H,20,21)/t18-/m0/s1. The fraction of sp³-hybridized carbons (Fsp3) is 0.737. The lowest BCUT2D eigenvalue weighted by Crippen LogP contribution is -1.94. The Hall–Kier alpha value is -1.23. The van der Waals surface area contributed by atoms with Crippen LogP contribution >= 0.6 is 0 Å². The van der Waals surface area contributed by atoms with Crippen molar-refractivity contribution in [2.45, 2.75) is 84.0 Å². The number of unbranched alkanes of at least 4 members (excludes halogenated alkanes) is 6. The van der Waals surface area contributed by atoms with E-state index in [1.807, 2.05) is 6.08 Å². The molecule has 0 unspecified atom stereocenters. The zero-order valence-corrected chi connectivity index (χ0v) is 13.7. The van der Waals surface area contributed by atoms with Crippen LogP contribution in [0.4, 0.5) is 0 Å². The predicted octanol–water partition coefficient (Wildman–Crippen LogP) is 5.58. The second-order valence-corrected chi connectivity index (χ2v) is 5.88. The number of aliphatic carboxylic acids is 1. The van der Waals surface area contributed by atoms with E-state index in [0.717, 1.165) is 18.8 Å². The summed E-state index contributed by atoms with van der Waals surface area (Å²) in [7, 11) is 0. The van der Waals surface area contributed by atoms with E-state index >= 15 is 0 Å². The van der Waals surface area contributed by atoms with Crippen LogP contribution in [-0.4, -0.2) is 11.1 Å². The smallest absolute Gasteiger partial charge is 0.303 e. The topological polar surface area (TPSA) is 37.3 Å². The van der Waals surface area contributed by atoms with Gasteiger partial charge in [0.2, 0.25) is 0 Å². The van der Waals surface area contributed by atoms with Crippen molar-refractivity contribution >= 4 is 5.97 Å². The minimum absolute atomic E-state index is 0.235. The van der Waals surface area contributed by atoms with E-state index in [9.17, 15) is 4.79 Å². The molecule has 0 aromatic rings. The molecule has 21 heavy (non-hydrogen) atoms. The van der Waals surface area contributed by atoms with Crippen molar-refractivity contribution in [2.75, 3.05) is 0 Å². The molecule has 0 heterocycles. The molecule has 2 nitrogen and oxygen atoms in total. The Kier molecular flexibility index (Phi) is 14.3. The van der Waals surface area contributed by atoms with Gasteiger partial charge in [-0.1, -0.05) is 45.1 Å². The van der Waals surface area contributed by atoms with Gasteiger partial charge < -0.3 is 5.11 Å². The monoisotopic (exact) mass is 292 g/mol. The van der Waals surface area contributed by atoms with Crippen LogP contribution in [0.25, 0.3) is 0 Å². The molecule has 0 bridgehead atoms. The third-order valence-electron chi connectivity index (χ3n) is 3.67. The zero-order valence-electron chi connectivity index (χ0n) is 13.7. The molecule has 0 saturated heterocycles. The van der Waals surface area contributed by atoms with Gasteiger partial charge in [0, 0.05) is 19.3 Å². The number of carbonyl (C=O) groups is 1. The summed E-state index contributed by atoms with van der Waals surface area (Å²) >= 11 is 0. The summed E-state index contributed by atoms with van der Waals surface area (Å²) in [6.07, 6.45) is 14.8. The van der Waals surface area contributed by atoms with E-state index in [1.165, 1.54) is 44.9 Å². The highest BCUT2D eigenvalue weighted by Gasteiger charge is 2.01. The van der Waals surface area contributed by atoms with Crippen molar-refractivity contribution in [1.82, 2.24) is 0 Å². The zero-order chi connectivity index (χ0) is 15.8. The Bertz CT molecular complexity index is 322. The van der Waals surface area contributed by atoms with Gasteiger partial charge in [0.1, 0.15) is 0 Å². The number of hydrogen-bond donors (Lipinski definition) is 1. The first kappa shape index (κ1) is 19.8. The lowest BCUT2D eigenvalue weighted by molar-refractivity contribution is -0.137. The average Bonchev–Trinajstić information content (AvgIpc) is 2.45. The summed E-state index contributed by atoms with van der Waals surface area (Å²) < 4.78 is 0. The van der Waals surface area contributed by atoms with Gasteiger partial charge in [0.15, 0.2) is 0 Å². The summed E-state index contributed by atoms with van der Waals surface area (Å²) in [4.78, 5) is 10.3. The van der Waals surface area contributed by atoms with Gasteiger partial charge >= 0.3 is 5.97 Å². The highest BCUT2D eigenvalue weighted by Crippen LogP contribution is 2.17. The summed E-state index contributed by atoms with van der Waals surface area (Å²) in [5, 5.41) is 8.49. The molecule has 0 amide bonds. The Morgan fingerprint density at radius 1 is 1.05 bits per heavy atom. The molecule has 0 rings (SSSR count). The van der Waals surface area contributed by atoms with Crippen LogP contribution in [0.5, 0.6) is 0 Å². The first-order valence-electron chi connectivity index (χ1n) is 8.45. The number of rotatable bonds is 13. The highest BCUT2D eigenvalue weighted by atomic mass is 16.4. The molecule has 0 spiro atoms. The third kappa shape index (κ3) is 16.7. The summed E-state index contributed by atoms with van der Waals surface area (Å²) in [5.74, 6) is 6.32. The van der Waals surface area contributed by atoms with Gasteiger partial charge in [-0.2, -0.15) is 0 Å². The SMILES string of the molecule is C=CCCCC[C@H](C)CCCCCC#CCCCC(=O)O. The Morgan fingerprint density at radius 2 is 1.67 bits per heavy atom. The molecule has 0 saturated carbocycles. The molecule has 0 aliphatic carbocycles.